The Hall–Kier alpha value is -1.40. The highest BCUT2D eigenvalue weighted by atomic mass is 19.1. The highest BCUT2D eigenvalue weighted by molar-refractivity contribution is 5.32. The van der Waals surface area contributed by atoms with Crippen molar-refractivity contribution in [2.75, 3.05) is 0 Å². The molecule has 0 N–H and O–H groups in total. The van der Waals surface area contributed by atoms with E-state index in [0.717, 1.165) is 25.7 Å². The quantitative estimate of drug-likeness (QED) is 0.817. The summed E-state index contributed by atoms with van der Waals surface area (Å²) in [6, 6.07) is 6.47. The predicted octanol–water partition coefficient (Wildman–Crippen LogP) is 4.18. The van der Waals surface area contributed by atoms with Crippen LogP contribution in [0.2, 0.25) is 0 Å². The van der Waals surface area contributed by atoms with Crippen LogP contribution in [0, 0.1) is 22.6 Å². The van der Waals surface area contributed by atoms with Crippen LogP contribution in [0.3, 0.4) is 0 Å². The first-order valence-corrected chi connectivity index (χ1v) is 6.80. The third-order valence-corrected chi connectivity index (χ3v) is 3.94. The topological polar surface area (TPSA) is 33.0 Å². The van der Waals surface area contributed by atoms with Crippen LogP contribution >= 0.6 is 0 Å². The van der Waals surface area contributed by atoms with Crippen molar-refractivity contribution < 1.29 is 9.13 Å². The average Bonchev–Trinajstić information content (AvgIpc) is 2.38. The molecule has 0 atom stereocenters. The molecule has 102 valence electrons. The Kier molecular flexibility index (Phi) is 4.21. The number of nitrogens with zero attached hydrogens (tertiary/aromatic N) is 1. The minimum absolute atomic E-state index is 0.239. The Morgan fingerprint density at radius 3 is 2.63 bits per heavy atom. The minimum Gasteiger partial charge on any atom is -0.373 e. The van der Waals surface area contributed by atoms with E-state index in [2.05, 4.69) is 13.8 Å². The zero-order valence-corrected chi connectivity index (χ0v) is 11.6. The molecule has 0 radical (unpaired) electrons. The lowest BCUT2D eigenvalue weighted by molar-refractivity contribution is -0.00659. The van der Waals surface area contributed by atoms with Crippen LogP contribution in [0.4, 0.5) is 4.39 Å². The molecular formula is C16H20FNO. The van der Waals surface area contributed by atoms with E-state index in [1.165, 1.54) is 6.07 Å². The van der Waals surface area contributed by atoms with Crippen LogP contribution in [0.1, 0.15) is 50.7 Å². The van der Waals surface area contributed by atoms with Crippen molar-refractivity contribution in [3.8, 4) is 6.07 Å². The number of hydrogen-bond acceptors (Lipinski definition) is 2. The molecule has 1 fully saturated rings. The fourth-order valence-corrected chi connectivity index (χ4v) is 2.48. The van der Waals surface area contributed by atoms with Gasteiger partial charge in [0, 0.05) is 5.56 Å². The molecule has 1 aromatic carbocycles. The van der Waals surface area contributed by atoms with Crippen LogP contribution in [-0.4, -0.2) is 6.10 Å². The van der Waals surface area contributed by atoms with Gasteiger partial charge in [-0.25, -0.2) is 4.39 Å². The molecule has 19 heavy (non-hydrogen) atoms. The molecule has 1 aromatic rings. The average molecular weight is 261 g/mol. The van der Waals surface area contributed by atoms with Gasteiger partial charge in [0.1, 0.15) is 5.82 Å². The van der Waals surface area contributed by atoms with Crippen LogP contribution in [0.5, 0.6) is 0 Å². The second-order valence-corrected chi connectivity index (χ2v) is 6.09. The lowest BCUT2D eigenvalue weighted by atomic mass is 9.76. The largest absolute Gasteiger partial charge is 0.373 e. The molecule has 2 rings (SSSR count). The van der Waals surface area contributed by atoms with E-state index in [1.807, 2.05) is 6.07 Å². The molecule has 3 heteroatoms. The normalized spacial score (nSPS) is 19.1. The SMILES string of the molecule is CC1(C)CCC(OCc2ccc(C#N)cc2F)CC1. The van der Waals surface area contributed by atoms with E-state index in [9.17, 15) is 4.39 Å². The van der Waals surface area contributed by atoms with E-state index in [-0.39, 0.29) is 11.9 Å². The molecule has 0 heterocycles. The first-order chi connectivity index (χ1) is 9.00. The van der Waals surface area contributed by atoms with Crippen LogP contribution in [0.15, 0.2) is 18.2 Å². The summed E-state index contributed by atoms with van der Waals surface area (Å²) in [6.45, 7) is 4.86. The van der Waals surface area contributed by atoms with Gasteiger partial charge in [-0.1, -0.05) is 19.9 Å². The Bertz CT molecular complexity index is 480. The van der Waals surface area contributed by atoms with Gasteiger partial charge in [-0.2, -0.15) is 5.26 Å². The lowest BCUT2D eigenvalue weighted by Gasteiger charge is -2.34. The summed E-state index contributed by atoms with van der Waals surface area (Å²) in [5, 5.41) is 8.69. The number of benzene rings is 1. The van der Waals surface area contributed by atoms with Crippen molar-refractivity contribution >= 4 is 0 Å². The summed E-state index contributed by atoms with van der Waals surface area (Å²) in [4.78, 5) is 0. The maximum absolute atomic E-state index is 13.7. The van der Waals surface area contributed by atoms with Crippen molar-refractivity contribution in [1.29, 1.82) is 5.26 Å². The summed E-state index contributed by atoms with van der Waals surface area (Å²) < 4.78 is 19.5. The summed E-state index contributed by atoms with van der Waals surface area (Å²) in [5.74, 6) is -0.352. The molecular weight excluding hydrogens is 241 g/mol. The number of rotatable bonds is 3. The highest BCUT2D eigenvalue weighted by Crippen LogP contribution is 2.36. The van der Waals surface area contributed by atoms with E-state index in [4.69, 9.17) is 10.00 Å². The molecule has 1 aliphatic carbocycles. The second kappa shape index (κ2) is 5.71. The standard InChI is InChI=1S/C16H20FNO/c1-16(2)7-5-14(6-8-16)19-11-13-4-3-12(10-18)9-15(13)17/h3-4,9,14H,5-8,11H2,1-2H3. The zero-order chi connectivity index (χ0) is 13.9. The summed E-state index contributed by atoms with van der Waals surface area (Å²) in [7, 11) is 0. The van der Waals surface area contributed by atoms with Gasteiger partial charge in [0.2, 0.25) is 0 Å². The zero-order valence-electron chi connectivity index (χ0n) is 11.6. The Labute approximate surface area is 114 Å². The first kappa shape index (κ1) is 14.0. The molecule has 0 amide bonds. The molecule has 0 saturated heterocycles. The minimum atomic E-state index is -0.352. The highest BCUT2D eigenvalue weighted by Gasteiger charge is 2.27. The van der Waals surface area contributed by atoms with Crippen LogP contribution in [-0.2, 0) is 11.3 Å². The number of ether oxygens (including phenoxy) is 1. The second-order valence-electron chi connectivity index (χ2n) is 6.09. The van der Waals surface area contributed by atoms with Crippen molar-refractivity contribution in [1.82, 2.24) is 0 Å². The van der Waals surface area contributed by atoms with E-state index < -0.39 is 0 Å². The molecule has 0 bridgehead atoms. The first-order valence-electron chi connectivity index (χ1n) is 6.80. The van der Waals surface area contributed by atoms with Crippen LogP contribution < -0.4 is 0 Å². The van der Waals surface area contributed by atoms with Gasteiger partial charge in [0.25, 0.3) is 0 Å². The smallest absolute Gasteiger partial charge is 0.130 e. The van der Waals surface area contributed by atoms with Crippen molar-refractivity contribution in [2.24, 2.45) is 5.41 Å². The molecule has 0 spiro atoms. The molecule has 1 saturated carbocycles. The summed E-state index contributed by atoms with van der Waals surface area (Å²) >= 11 is 0. The summed E-state index contributed by atoms with van der Waals surface area (Å²) in [5.41, 5.74) is 1.30. The van der Waals surface area contributed by atoms with Crippen molar-refractivity contribution in [3.63, 3.8) is 0 Å². The molecule has 2 nitrogen and oxygen atoms in total. The van der Waals surface area contributed by atoms with Crippen molar-refractivity contribution in [3.05, 3.63) is 35.1 Å². The van der Waals surface area contributed by atoms with E-state index >= 15 is 0 Å². The Morgan fingerprint density at radius 2 is 2.05 bits per heavy atom. The molecule has 0 aromatic heterocycles. The van der Waals surface area contributed by atoms with Gasteiger partial charge < -0.3 is 4.74 Å². The predicted molar refractivity (Wildman–Crippen MR) is 71.9 cm³/mol. The van der Waals surface area contributed by atoms with Crippen molar-refractivity contribution in [2.45, 2.75) is 52.2 Å². The maximum atomic E-state index is 13.7. The van der Waals surface area contributed by atoms with Gasteiger partial charge >= 0.3 is 0 Å². The van der Waals surface area contributed by atoms with Gasteiger partial charge in [0.15, 0.2) is 0 Å². The van der Waals surface area contributed by atoms with Gasteiger partial charge in [-0.15, -0.1) is 0 Å². The number of hydrogen-bond donors (Lipinski definition) is 0. The van der Waals surface area contributed by atoms with Gasteiger partial charge in [0.05, 0.1) is 24.3 Å². The third-order valence-electron chi connectivity index (χ3n) is 3.94. The van der Waals surface area contributed by atoms with Gasteiger partial charge in [-0.05, 0) is 43.2 Å². The van der Waals surface area contributed by atoms with E-state index in [0.29, 0.717) is 23.1 Å². The fourth-order valence-electron chi connectivity index (χ4n) is 2.48. The number of nitriles is 1. The molecule has 0 aliphatic heterocycles. The Balaban J connectivity index is 1.88. The maximum Gasteiger partial charge on any atom is 0.130 e. The summed E-state index contributed by atoms with van der Waals surface area (Å²) in [6.07, 6.45) is 4.65. The third kappa shape index (κ3) is 3.78. The Morgan fingerprint density at radius 1 is 1.37 bits per heavy atom. The lowest BCUT2D eigenvalue weighted by Crippen LogP contribution is -2.26. The van der Waals surface area contributed by atoms with E-state index in [1.54, 1.807) is 12.1 Å². The molecule has 0 unspecified atom stereocenters. The fraction of sp³-hybridized carbons (Fsp3) is 0.562. The van der Waals surface area contributed by atoms with Crippen LogP contribution in [0.25, 0.3) is 0 Å². The number of halogens is 1. The molecule has 1 aliphatic rings. The van der Waals surface area contributed by atoms with Gasteiger partial charge in [-0.3, -0.25) is 0 Å². The monoisotopic (exact) mass is 261 g/mol.